The summed E-state index contributed by atoms with van der Waals surface area (Å²) in [4.78, 5) is 9.97. The van der Waals surface area contributed by atoms with Crippen LogP contribution in [-0.2, 0) is 10.0 Å². The van der Waals surface area contributed by atoms with Crippen LogP contribution < -0.4 is 0 Å². The molecule has 9 heteroatoms. The average molecular weight is 311 g/mol. The lowest BCUT2D eigenvalue weighted by Crippen LogP contribution is -2.40. The first-order valence-corrected chi connectivity index (χ1v) is 7.89. The minimum Gasteiger partial charge on any atom is -0.258 e. The van der Waals surface area contributed by atoms with E-state index in [4.69, 9.17) is 11.6 Å². The molecule has 0 atom stereocenters. The van der Waals surface area contributed by atoms with Gasteiger partial charge in [-0.1, -0.05) is 18.0 Å². The van der Waals surface area contributed by atoms with E-state index in [2.05, 4.69) is 0 Å². The van der Waals surface area contributed by atoms with Gasteiger partial charge in [-0.3, -0.25) is 10.1 Å². The van der Waals surface area contributed by atoms with Gasteiger partial charge in [0.2, 0.25) is 0 Å². The molecule has 18 heavy (non-hydrogen) atoms. The molecule has 0 amide bonds. The topological polar surface area (TPSA) is 80.5 Å². The summed E-state index contributed by atoms with van der Waals surface area (Å²) >= 11 is 6.40. The molecular formula is C9H11ClN2O4S2. The van der Waals surface area contributed by atoms with Gasteiger partial charge in [0.1, 0.15) is 4.21 Å². The molecule has 0 unspecified atom stereocenters. The fourth-order valence-corrected chi connectivity index (χ4v) is 4.95. The zero-order chi connectivity index (χ0) is 13.5. The number of rotatable bonds is 4. The zero-order valence-electron chi connectivity index (χ0n) is 9.50. The second-order valence-corrected chi connectivity index (χ2v) is 7.97. The van der Waals surface area contributed by atoms with Crippen LogP contribution in [0, 0.1) is 10.1 Å². The zero-order valence-corrected chi connectivity index (χ0v) is 11.9. The summed E-state index contributed by atoms with van der Waals surface area (Å²) in [5, 5.41) is 10.7. The van der Waals surface area contributed by atoms with Crippen LogP contribution in [0.15, 0.2) is 10.3 Å². The van der Waals surface area contributed by atoms with E-state index in [9.17, 15) is 18.5 Å². The van der Waals surface area contributed by atoms with Gasteiger partial charge in [-0.15, -0.1) is 11.3 Å². The van der Waals surface area contributed by atoms with E-state index in [0.717, 1.165) is 36.7 Å². The molecule has 1 heterocycles. The van der Waals surface area contributed by atoms with Gasteiger partial charge in [-0.2, -0.15) is 4.31 Å². The number of nitrogens with zero attached hydrogens (tertiary/aromatic N) is 2. The van der Waals surface area contributed by atoms with E-state index < -0.39 is 14.9 Å². The third-order valence-corrected chi connectivity index (χ3v) is 6.76. The highest BCUT2D eigenvalue weighted by atomic mass is 35.5. The first-order valence-electron chi connectivity index (χ1n) is 5.26. The summed E-state index contributed by atoms with van der Waals surface area (Å²) in [5.74, 6) is 0. The van der Waals surface area contributed by atoms with Gasteiger partial charge in [0.05, 0.1) is 4.92 Å². The van der Waals surface area contributed by atoms with Gasteiger partial charge in [-0.25, -0.2) is 8.42 Å². The standard InChI is InChI=1S/C9H11ClN2O4S2/c1-11(6-3-2-4-6)18(15,16)8-5-7(12(13)14)9(10)17-8/h5-6H,2-4H2,1H3. The first kappa shape index (κ1) is 13.7. The molecule has 0 aromatic carbocycles. The van der Waals surface area contributed by atoms with Crippen LogP contribution in [0.4, 0.5) is 5.69 Å². The lowest BCUT2D eigenvalue weighted by atomic mass is 9.94. The van der Waals surface area contributed by atoms with Crippen molar-refractivity contribution < 1.29 is 13.3 Å². The van der Waals surface area contributed by atoms with Crippen molar-refractivity contribution in [3.05, 3.63) is 20.5 Å². The van der Waals surface area contributed by atoms with Crippen LogP contribution in [0.1, 0.15) is 19.3 Å². The summed E-state index contributed by atoms with van der Waals surface area (Å²) in [6.45, 7) is 0. The van der Waals surface area contributed by atoms with Crippen molar-refractivity contribution in [1.82, 2.24) is 4.31 Å². The van der Waals surface area contributed by atoms with Crippen LogP contribution in [0.5, 0.6) is 0 Å². The Morgan fingerprint density at radius 3 is 2.56 bits per heavy atom. The molecule has 0 radical (unpaired) electrons. The normalized spacial score (nSPS) is 16.8. The summed E-state index contributed by atoms with van der Waals surface area (Å²) < 4.78 is 25.5. The molecule has 0 bridgehead atoms. The Kier molecular flexibility index (Phi) is 3.63. The summed E-state index contributed by atoms with van der Waals surface area (Å²) in [6.07, 6.45) is 2.67. The molecule has 6 nitrogen and oxygen atoms in total. The van der Waals surface area contributed by atoms with Gasteiger partial charge in [0.15, 0.2) is 4.34 Å². The average Bonchev–Trinajstić information content (AvgIpc) is 2.58. The largest absolute Gasteiger partial charge is 0.300 e. The highest BCUT2D eigenvalue weighted by molar-refractivity contribution is 7.91. The van der Waals surface area contributed by atoms with Crippen molar-refractivity contribution in [2.75, 3.05) is 7.05 Å². The number of hydrogen-bond donors (Lipinski definition) is 0. The Bertz CT molecular complexity index is 579. The highest BCUT2D eigenvalue weighted by Gasteiger charge is 2.34. The van der Waals surface area contributed by atoms with Crippen molar-refractivity contribution in [2.45, 2.75) is 29.5 Å². The van der Waals surface area contributed by atoms with E-state index in [-0.39, 0.29) is 20.3 Å². The molecular weight excluding hydrogens is 300 g/mol. The summed E-state index contributed by atoms with van der Waals surface area (Å²) in [5.41, 5.74) is -0.359. The SMILES string of the molecule is CN(C1CCC1)S(=O)(=O)c1cc([N+](=O)[O-])c(Cl)s1. The number of halogens is 1. The van der Waals surface area contributed by atoms with Crippen molar-refractivity contribution in [2.24, 2.45) is 0 Å². The van der Waals surface area contributed by atoms with Gasteiger partial charge < -0.3 is 0 Å². The van der Waals surface area contributed by atoms with E-state index in [1.54, 1.807) is 0 Å². The third-order valence-electron chi connectivity index (χ3n) is 3.07. The fraction of sp³-hybridized carbons (Fsp3) is 0.556. The second kappa shape index (κ2) is 4.76. The maximum absolute atomic E-state index is 12.2. The van der Waals surface area contributed by atoms with Crippen LogP contribution in [-0.4, -0.2) is 30.7 Å². The first-order chi connectivity index (χ1) is 8.34. The smallest absolute Gasteiger partial charge is 0.258 e. The van der Waals surface area contributed by atoms with Crippen LogP contribution >= 0.6 is 22.9 Å². The Morgan fingerprint density at radius 2 is 2.17 bits per heavy atom. The Morgan fingerprint density at radius 1 is 1.56 bits per heavy atom. The fourth-order valence-electron chi connectivity index (χ4n) is 1.68. The van der Waals surface area contributed by atoms with Gasteiger partial charge >= 0.3 is 0 Å². The Hall–Kier alpha value is -0.700. The van der Waals surface area contributed by atoms with E-state index >= 15 is 0 Å². The maximum Gasteiger partial charge on any atom is 0.300 e. The predicted molar refractivity (Wildman–Crippen MR) is 68.6 cm³/mol. The Labute approximate surface area is 113 Å². The maximum atomic E-state index is 12.2. The molecule has 1 aromatic rings. The van der Waals surface area contributed by atoms with Crippen LogP contribution in [0.3, 0.4) is 0 Å². The van der Waals surface area contributed by atoms with Gasteiger partial charge in [0, 0.05) is 19.2 Å². The molecule has 0 saturated heterocycles. The van der Waals surface area contributed by atoms with Gasteiger partial charge in [-0.05, 0) is 12.8 Å². The van der Waals surface area contributed by atoms with E-state index in [1.807, 2.05) is 0 Å². The van der Waals surface area contributed by atoms with E-state index in [1.165, 1.54) is 11.4 Å². The molecule has 0 spiro atoms. The molecule has 0 aliphatic heterocycles. The van der Waals surface area contributed by atoms with Crippen molar-refractivity contribution in [3.8, 4) is 0 Å². The number of sulfonamides is 1. The molecule has 1 aliphatic carbocycles. The van der Waals surface area contributed by atoms with Gasteiger partial charge in [0.25, 0.3) is 15.7 Å². The second-order valence-electron chi connectivity index (χ2n) is 4.09. The third kappa shape index (κ3) is 2.25. The molecule has 0 N–H and O–H groups in total. The lowest BCUT2D eigenvalue weighted by molar-refractivity contribution is -0.384. The van der Waals surface area contributed by atoms with Crippen molar-refractivity contribution in [3.63, 3.8) is 0 Å². The quantitative estimate of drug-likeness (QED) is 0.632. The molecule has 1 aromatic heterocycles. The lowest BCUT2D eigenvalue weighted by Gasteiger charge is -2.33. The van der Waals surface area contributed by atoms with Crippen LogP contribution in [0.25, 0.3) is 0 Å². The van der Waals surface area contributed by atoms with Crippen molar-refractivity contribution >= 4 is 38.6 Å². The predicted octanol–water partition coefficient (Wildman–Crippen LogP) is 2.48. The monoisotopic (exact) mass is 310 g/mol. The number of thiophene rings is 1. The van der Waals surface area contributed by atoms with Crippen LogP contribution in [0.2, 0.25) is 4.34 Å². The number of nitro groups is 1. The minimum absolute atomic E-state index is 0.00469. The van der Waals surface area contributed by atoms with E-state index in [0.29, 0.717) is 0 Å². The molecule has 100 valence electrons. The molecule has 1 fully saturated rings. The Balaban J connectivity index is 2.35. The summed E-state index contributed by atoms with van der Waals surface area (Å²) in [6, 6.07) is 1.02. The van der Waals surface area contributed by atoms with Crippen molar-refractivity contribution in [1.29, 1.82) is 0 Å². The highest BCUT2D eigenvalue weighted by Crippen LogP contribution is 2.38. The summed E-state index contributed by atoms with van der Waals surface area (Å²) in [7, 11) is -2.17. The number of hydrogen-bond acceptors (Lipinski definition) is 5. The minimum atomic E-state index is -3.67. The molecule has 1 aliphatic rings. The molecule has 2 rings (SSSR count). The molecule has 1 saturated carbocycles.